The topological polar surface area (TPSA) is 94.9 Å². The quantitative estimate of drug-likeness (QED) is 0.721. The van der Waals surface area contributed by atoms with Gasteiger partial charge in [-0.05, 0) is 25.1 Å². The molecule has 0 aliphatic rings. The van der Waals surface area contributed by atoms with Crippen LogP contribution in [0.15, 0.2) is 23.2 Å². The molecule has 0 bridgehead atoms. The zero-order chi connectivity index (χ0) is 13.4. The van der Waals surface area contributed by atoms with Gasteiger partial charge in [-0.2, -0.15) is 5.26 Å². The van der Waals surface area contributed by atoms with Gasteiger partial charge in [0.05, 0.1) is 0 Å². The van der Waals surface area contributed by atoms with E-state index in [0.29, 0.717) is 6.54 Å². The Kier molecular flexibility index (Phi) is 8.27. The number of aromatic nitrogens is 1. The molecular weight excluding hydrogens is 288 g/mol. The molecule has 0 aliphatic carbocycles. The minimum Gasteiger partial charge on any atom is -0.315 e. The minimum absolute atomic E-state index is 0. The van der Waals surface area contributed by atoms with Gasteiger partial charge in [0, 0.05) is 19.3 Å². The Morgan fingerprint density at radius 1 is 1.37 bits per heavy atom. The van der Waals surface area contributed by atoms with Crippen LogP contribution in [0.5, 0.6) is 0 Å². The Labute approximate surface area is 119 Å². The Morgan fingerprint density at radius 2 is 2.11 bits per heavy atom. The molecule has 0 saturated heterocycles. The van der Waals surface area contributed by atoms with E-state index < -0.39 is 10.0 Å². The summed E-state index contributed by atoms with van der Waals surface area (Å²) in [6.07, 6.45) is 2.38. The summed E-state index contributed by atoms with van der Waals surface area (Å²) in [5, 5.41) is 11.9. The summed E-state index contributed by atoms with van der Waals surface area (Å²) in [4.78, 5) is 3.64. The molecule has 106 valence electrons. The highest BCUT2D eigenvalue weighted by molar-refractivity contribution is 7.89. The van der Waals surface area contributed by atoms with Crippen LogP contribution in [-0.4, -0.2) is 33.0 Å². The normalized spacial score (nSPS) is 10.5. The molecule has 0 radical (unpaired) electrons. The second-order valence-corrected chi connectivity index (χ2v) is 5.35. The molecule has 1 rings (SSSR count). The van der Waals surface area contributed by atoms with Gasteiger partial charge in [0.2, 0.25) is 10.0 Å². The van der Waals surface area contributed by atoms with E-state index in [0.717, 1.165) is 13.0 Å². The first-order chi connectivity index (χ1) is 8.61. The average Bonchev–Trinajstić information content (AvgIpc) is 2.38. The Morgan fingerprint density at radius 3 is 2.74 bits per heavy atom. The highest BCUT2D eigenvalue weighted by Crippen LogP contribution is 2.10. The Hall–Kier alpha value is -1.20. The lowest BCUT2D eigenvalue weighted by Crippen LogP contribution is -2.32. The molecule has 8 heteroatoms. The van der Waals surface area contributed by atoms with Gasteiger partial charge in [-0.15, -0.1) is 12.4 Å². The summed E-state index contributed by atoms with van der Waals surface area (Å²) < 4.78 is 26.3. The number of hydrogen-bond donors (Lipinski definition) is 2. The summed E-state index contributed by atoms with van der Waals surface area (Å²) in [6.45, 7) is 3.71. The number of nitrogens with zero attached hydrogens (tertiary/aromatic N) is 2. The standard InChI is InChI=1S/C11H16N4O2S.ClH/c1-2-5-13-7-8-15-18(16,17)11-4-3-6-14-10(11)9-12;/h3-4,6,13,15H,2,5,7-8H2,1H3;1H. The molecule has 1 aromatic heterocycles. The predicted molar refractivity (Wildman–Crippen MR) is 74.5 cm³/mol. The zero-order valence-corrected chi connectivity index (χ0v) is 12.2. The van der Waals surface area contributed by atoms with E-state index in [4.69, 9.17) is 5.26 Å². The molecule has 0 spiro atoms. The van der Waals surface area contributed by atoms with Gasteiger partial charge in [-0.1, -0.05) is 6.92 Å². The third-order valence-electron chi connectivity index (χ3n) is 2.19. The van der Waals surface area contributed by atoms with Crippen molar-refractivity contribution in [3.8, 4) is 6.07 Å². The van der Waals surface area contributed by atoms with Crippen molar-refractivity contribution in [3.63, 3.8) is 0 Å². The molecule has 6 nitrogen and oxygen atoms in total. The molecule has 0 aromatic carbocycles. The van der Waals surface area contributed by atoms with Crippen molar-refractivity contribution in [2.75, 3.05) is 19.6 Å². The maximum atomic E-state index is 11.9. The molecule has 1 aromatic rings. The number of nitriles is 1. The third-order valence-corrected chi connectivity index (χ3v) is 3.68. The largest absolute Gasteiger partial charge is 0.315 e. The van der Waals surface area contributed by atoms with Gasteiger partial charge in [0.25, 0.3) is 0 Å². The molecule has 0 fully saturated rings. The van der Waals surface area contributed by atoms with E-state index in [9.17, 15) is 8.42 Å². The smallest absolute Gasteiger partial charge is 0.243 e. The van der Waals surface area contributed by atoms with Crippen LogP contribution in [-0.2, 0) is 10.0 Å². The molecule has 0 unspecified atom stereocenters. The first kappa shape index (κ1) is 17.8. The SMILES string of the molecule is CCCNCCNS(=O)(=O)c1cccnc1C#N.Cl. The Bertz CT molecular complexity index is 528. The van der Waals surface area contributed by atoms with Crippen LogP contribution in [0.3, 0.4) is 0 Å². The van der Waals surface area contributed by atoms with Crippen LogP contribution >= 0.6 is 12.4 Å². The van der Waals surface area contributed by atoms with Gasteiger partial charge in [-0.3, -0.25) is 0 Å². The highest BCUT2D eigenvalue weighted by Gasteiger charge is 2.18. The molecule has 0 aliphatic heterocycles. The maximum absolute atomic E-state index is 11.9. The van der Waals surface area contributed by atoms with Crippen molar-refractivity contribution in [2.45, 2.75) is 18.2 Å². The predicted octanol–water partition coefficient (Wildman–Crippen LogP) is 0.653. The van der Waals surface area contributed by atoms with E-state index in [1.54, 1.807) is 6.07 Å². The van der Waals surface area contributed by atoms with E-state index in [1.807, 2.05) is 6.92 Å². The van der Waals surface area contributed by atoms with Crippen molar-refractivity contribution in [1.29, 1.82) is 5.26 Å². The van der Waals surface area contributed by atoms with Crippen LogP contribution in [0.2, 0.25) is 0 Å². The van der Waals surface area contributed by atoms with Gasteiger partial charge in [0.1, 0.15) is 11.0 Å². The minimum atomic E-state index is -3.67. The van der Waals surface area contributed by atoms with Crippen molar-refractivity contribution >= 4 is 22.4 Å². The fourth-order valence-corrected chi connectivity index (χ4v) is 2.48. The molecule has 0 amide bonds. The monoisotopic (exact) mass is 304 g/mol. The van der Waals surface area contributed by atoms with E-state index in [1.165, 1.54) is 18.3 Å². The van der Waals surface area contributed by atoms with Gasteiger partial charge in [0.15, 0.2) is 5.69 Å². The summed E-state index contributed by atoms with van der Waals surface area (Å²) >= 11 is 0. The van der Waals surface area contributed by atoms with Crippen LogP contribution in [0, 0.1) is 11.3 Å². The van der Waals surface area contributed by atoms with Crippen molar-refractivity contribution in [2.24, 2.45) is 0 Å². The van der Waals surface area contributed by atoms with Crippen molar-refractivity contribution in [1.82, 2.24) is 15.0 Å². The molecule has 1 heterocycles. The lowest BCUT2D eigenvalue weighted by atomic mass is 10.4. The molecule has 2 N–H and O–H groups in total. The van der Waals surface area contributed by atoms with Crippen molar-refractivity contribution < 1.29 is 8.42 Å². The van der Waals surface area contributed by atoms with E-state index >= 15 is 0 Å². The number of hydrogen-bond acceptors (Lipinski definition) is 5. The van der Waals surface area contributed by atoms with E-state index in [-0.39, 0.29) is 29.5 Å². The molecule has 0 saturated carbocycles. The first-order valence-electron chi connectivity index (χ1n) is 5.67. The Balaban J connectivity index is 0.00000324. The lowest BCUT2D eigenvalue weighted by molar-refractivity contribution is 0.574. The van der Waals surface area contributed by atoms with Crippen molar-refractivity contribution in [3.05, 3.63) is 24.0 Å². The summed E-state index contributed by atoms with van der Waals surface area (Å²) in [5.74, 6) is 0. The number of nitrogens with one attached hydrogen (secondary N) is 2. The summed E-state index contributed by atoms with van der Waals surface area (Å²) in [6, 6.07) is 4.63. The van der Waals surface area contributed by atoms with Gasteiger partial charge >= 0.3 is 0 Å². The number of pyridine rings is 1. The number of halogens is 1. The van der Waals surface area contributed by atoms with Crippen LogP contribution in [0.1, 0.15) is 19.0 Å². The molecular formula is C11H17ClN4O2S. The van der Waals surface area contributed by atoms with Crippen LogP contribution < -0.4 is 10.0 Å². The van der Waals surface area contributed by atoms with Gasteiger partial charge < -0.3 is 5.32 Å². The summed E-state index contributed by atoms with van der Waals surface area (Å²) in [5.41, 5.74) is -0.0912. The second kappa shape index (κ2) is 8.82. The number of sulfonamides is 1. The fraction of sp³-hybridized carbons (Fsp3) is 0.455. The van der Waals surface area contributed by atoms with Crippen LogP contribution in [0.25, 0.3) is 0 Å². The van der Waals surface area contributed by atoms with E-state index in [2.05, 4.69) is 15.0 Å². The van der Waals surface area contributed by atoms with Gasteiger partial charge in [-0.25, -0.2) is 18.1 Å². The summed E-state index contributed by atoms with van der Waals surface area (Å²) in [7, 11) is -3.67. The molecule has 19 heavy (non-hydrogen) atoms. The fourth-order valence-electron chi connectivity index (χ4n) is 1.34. The zero-order valence-electron chi connectivity index (χ0n) is 10.6. The number of rotatable bonds is 7. The highest BCUT2D eigenvalue weighted by atomic mass is 35.5. The second-order valence-electron chi connectivity index (χ2n) is 3.61. The third kappa shape index (κ3) is 5.53. The average molecular weight is 305 g/mol. The lowest BCUT2D eigenvalue weighted by Gasteiger charge is -2.07. The molecule has 0 atom stereocenters. The first-order valence-corrected chi connectivity index (χ1v) is 7.15. The van der Waals surface area contributed by atoms with Crippen LogP contribution in [0.4, 0.5) is 0 Å². The maximum Gasteiger partial charge on any atom is 0.243 e.